The molecule has 0 saturated heterocycles. The second-order valence-corrected chi connectivity index (χ2v) is 8.95. The molecule has 0 spiro atoms. The third-order valence-electron chi connectivity index (χ3n) is 6.07. The third kappa shape index (κ3) is 4.08. The quantitative estimate of drug-likeness (QED) is 0.387. The number of rotatable bonds is 0. The van der Waals surface area contributed by atoms with Crippen molar-refractivity contribution in [1.29, 1.82) is 10.5 Å². The topological polar surface area (TPSA) is 142 Å². The smallest absolute Gasteiger partial charge is 0.141 e. The van der Waals surface area contributed by atoms with Gasteiger partial charge in [0.05, 0.1) is 11.1 Å². The molecular formula is C21H27N9S2. The maximum atomic E-state index is 9.16. The predicted octanol–water partition coefficient (Wildman–Crippen LogP) is 1.57. The summed E-state index contributed by atoms with van der Waals surface area (Å²) >= 11 is 10.6. The van der Waals surface area contributed by atoms with Gasteiger partial charge in [-0.3, -0.25) is 0 Å². The molecule has 6 N–H and O–H groups in total. The van der Waals surface area contributed by atoms with Gasteiger partial charge in [-0.2, -0.15) is 10.5 Å². The van der Waals surface area contributed by atoms with Crippen LogP contribution in [-0.4, -0.2) is 46.2 Å². The van der Waals surface area contributed by atoms with Crippen LogP contribution in [0.15, 0.2) is 0 Å². The van der Waals surface area contributed by atoms with Crippen LogP contribution in [0.2, 0.25) is 0 Å². The van der Waals surface area contributed by atoms with E-state index in [1.807, 2.05) is 14.1 Å². The number of nitriles is 2. The molecule has 0 amide bonds. The van der Waals surface area contributed by atoms with E-state index >= 15 is 0 Å². The minimum absolute atomic E-state index is 0.260. The summed E-state index contributed by atoms with van der Waals surface area (Å²) in [7, 11) is 5.88. The van der Waals surface area contributed by atoms with Crippen molar-refractivity contribution in [3.8, 4) is 12.1 Å². The summed E-state index contributed by atoms with van der Waals surface area (Å²) in [6, 6.07) is 4.31. The molecule has 2 aromatic heterocycles. The summed E-state index contributed by atoms with van der Waals surface area (Å²) in [4.78, 5) is 4.35. The highest BCUT2D eigenvalue weighted by Crippen LogP contribution is 2.27. The molecule has 2 aliphatic rings. The van der Waals surface area contributed by atoms with Crippen LogP contribution in [0.4, 0.5) is 11.6 Å². The molecule has 0 aliphatic carbocycles. The van der Waals surface area contributed by atoms with Gasteiger partial charge in [-0.15, -0.1) is 0 Å². The first kappa shape index (κ1) is 23.7. The molecule has 0 radical (unpaired) electrons. The fourth-order valence-electron chi connectivity index (χ4n) is 4.15. The standard InChI is InChI=1S/C11H14N4S.C10H13N5S/c1-14-4-3-7-8(5-12)10(13)15(2)11(16)9(7)6-14;1-14-3-2-6-7(4-11)9(12)15(13)10(16)8(6)5-14/h3-4,6,13H2,1-2H3;2-3,5,12-13H2,1H3. The lowest BCUT2D eigenvalue weighted by Crippen LogP contribution is -2.30. The van der Waals surface area contributed by atoms with Gasteiger partial charge >= 0.3 is 0 Å². The molecule has 4 rings (SSSR count). The Morgan fingerprint density at radius 3 is 1.66 bits per heavy atom. The average Bonchev–Trinajstić information content (AvgIpc) is 2.78. The zero-order chi connectivity index (χ0) is 23.7. The SMILES string of the molecule is CN1CCc2c(C#N)c(N)n(C)c(=S)c2C1.CN1CCc2c(C#N)c(N)n(N)c(=S)c2C1. The van der Waals surface area contributed by atoms with E-state index in [-0.39, 0.29) is 5.82 Å². The second-order valence-electron chi connectivity index (χ2n) is 8.17. The molecule has 9 nitrogen and oxygen atoms in total. The number of anilines is 2. The number of likely N-dealkylation sites (N-methyl/N-ethyl adjacent to an activating group) is 2. The predicted molar refractivity (Wildman–Crippen MR) is 130 cm³/mol. The fourth-order valence-corrected chi connectivity index (χ4v) is 4.73. The lowest BCUT2D eigenvalue weighted by atomic mass is 9.97. The van der Waals surface area contributed by atoms with Crippen LogP contribution < -0.4 is 17.3 Å². The summed E-state index contributed by atoms with van der Waals surface area (Å²) in [5, 5.41) is 18.3. The van der Waals surface area contributed by atoms with Gasteiger partial charge in [-0.25, -0.2) is 4.68 Å². The average molecular weight is 470 g/mol. The Labute approximate surface area is 197 Å². The van der Waals surface area contributed by atoms with Gasteiger partial charge in [0, 0.05) is 44.4 Å². The Hall–Kier alpha value is -2.96. The lowest BCUT2D eigenvalue weighted by molar-refractivity contribution is 0.311. The minimum Gasteiger partial charge on any atom is -0.384 e. The number of nitrogen functional groups attached to an aromatic ring is 3. The van der Waals surface area contributed by atoms with Crippen molar-refractivity contribution in [2.45, 2.75) is 25.9 Å². The molecule has 0 fully saturated rings. The fraction of sp³-hybridized carbons (Fsp3) is 0.429. The van der Waals surface area contributed by atoms with Gasteiger partial charge in [-0.1, -0.05) is 24.4 Å². The molecule has 11 heteroatoms. The number of hydrogen-bond acceptors (Lipinski definition) is 9. The van der Waals surface area contributed by atoms with Crippen LogP contribution in [0, 0.1) is 31.9 Å². The van der Waals surface area contributed by atoms with E-state index in [4.69, 9.17) is 52.3 Å². The van der Waals surface area contributed by atoms with Gasteiger partial charge in [-0.05, 0) is 38.1 Å². The van der Waals surface area contributed by atoms with Crippen molar-refractivity contribution in [2.75, 3.05) is 44.5 Å². The van der Waals surface area contributed by atoms with Crippen LogP contribution in [-0.2, 0) is 33.0 Å². The number of nitrogens with two attached hydrogens (primary N) is 3. The Balaban J connectivity index is 0.000000181. The maximum absolute atomic E-state index is 9.16. The molecule has 2 aliphatic heterocycles. The number of hydrogen-bond donors (Lipinski definition) is 3. The molecule has 2 aromatic rings. The van der Waals surface area contributed by atoms with Crippen LogP contribution >= 0.6 is 24.4 Å². The first-order valence-electron chi connectivity index (χ1n) is 10.1. The number of aromatic nitrogens is 2. The minimum atomic E-state index is 0.260. The molecule has 0 bridgehead atoms. The van der Waals surface area contributed by atoms with Crippen LogP contribution in [0.25, 0.3) is 0 Å². The molecule has 0 aromatic carbocycles. The molecule has 32 heavy (non-hydrogen) atoms. The van der Waals surface area contributed by atoms with Crippen LogP contribution in [0.1, 0.15) is 33.4 Å². The van der Waals surface area contributed by atoms with Gasteiger partial charge in [0.2, 0.25) is 0 Å². The van der Waals surface area contributed by atoms with Gasteiger partial charge in [0.25, 0.3) is 0 Å². The van der Waals surface area contributed by atoms with Crippen molar-refractivity contribution in [2.24, 2.45) is 7.05 Å². The molecular weight excluding hydrogens is 442 g/mol. The number of pyridine rings is 2. The number of nitrogens with zero attached hydrogens (tertiary/aromatic N) is 6. The maximum Gasteiger partial charge on any atom is 0.141 e. The molecule has 168 valence electrons. The summed E-state index contributed by atoms with van der Waals surface area (Å²) < 4.78 is 4.23. The first-order chi connectivity index (χ1) is 15.1. The molecule has 0 unspecified atom stereocenters. The zero-order valence-electron chi connectivity index (χ0n) is 18.5. The number of fused-ring (bicyclic) bond motifs is 2. The highest BCUT2D eigenvalue weighted by molar-refractivity contribution is 7.71. The lowest BCUT2D eigenvalue weighted by Gasteiger charge is -2.27. The van der Waals surface area contributed by atoms with E-state index in [9.17, 15) is 0 Å². The van der Waals surface area contributed by atoms with E-state index in [2.05, 4.69) is 29.0 Å². The Morgan fingerprint density at radius 1 is 0.750 bits per heavy atom. The van der Waals surface area contributed by atoms with Gasteiger partial charge in [0.15, 0.2) is 0 Å². The van der Waals surface area contributed by atoms with Gasteiger partial charge in [0.1, 0.15) is 33.1 Å². The molecule has 0 atom stereocenters. The van der Waals surface area contributed by atoms with Crippen molar-refractivity contribution in [1.82, 2.24) is 19.0 Å². The summed E-state index contributed by atoms with van der Waals surface area (Å²) in [5.41, 5.74) is 16.8. The van der Waals surface area contributed by atoms with E-state index < -0.39 is 0 Å². The van der Waals surface area contributed by atoms with Crippen molar-refractivity contribution in [3.05, 3.63) is 42.7 Å². The van der Waals surface area contributed by atoms with Crippen LogP contribution in [0.5, 0.6) is 0 Å². The van der Waals surface area contributed by atoms with E-state index in [1.165, 1.54) is 4.68 Å². The van der Waals surface area contributed by atoms with E-state index in [0.29, 0.717) is 21.6 Å². The Morgan fingerprint density at radius 2 is 1.19 bits per heavy atom. The monoisotopic (exact) mass is 469 g/mol. The van der Waals surface area contributed by atoms with Crippen molar-refractivity contribution >= 4 is 36.1 Å². The van der Waals surface area contributed by atoms with Crippen LogP contribution in [0.3, 0.4) is 0 Å². The summed E-state index contributed by atoms with van der Waals surface area (Å²) in [5.74, 6) is 6.49. The first-order valence-corrected chi connectivity index (χ1v) is 10.9. The zero-order valence-corrected chi connectivity index (χ0v) is 20.1. The van der Waals surface area contributed by atoms with E-state index in [1.54, 1.807) is 4.57 Å². The Kier molecular flexibility index (Phi) is 6.86. The van der Waals surface area contributed by atoms with Crippen molar-refractivity contribution < 1.29 is 0 Å². The molecule has 4 heterocycles. The summed E-state index contributed by atoms with van der Waals surface area (Å²) in [6.45, 7) is 3.38. The van der Waals surface area contributed by atoms with E-state index in [0.717, 1.165) is 65.9 Å². The van der Waals surface area contributed by atoms with Gasteiger partial charge < -0.3 is 31.7 Å². The third-order valence-corrected chi connectivity index (χ3v) is 7.04. The molecule has 0 saturated carbocycles. The Bertz CT molecular complexity index is 1180. The largest absolute Gasteiger partial charge is 0.384 e. The normalized spacial score (nSPS) is 15.5. The van der Waals surface area contributed by atoms with Crippen molar-refractivity contribution in [3.63, 3.8) is 0 Å². The summed E-state index contributed by atoms with van der Waals surface area (Å²) in [6.07, 6.45) is 1.65. The highest BCUT2D eigenvalue weighted by Gasteiger charge is 2.23. The highest BCUT2D eigenvalue weighted by atomic mass is 32.1. The second kappa shape index (κ2) is 9.27.